The van der Waals surface area contributed by atoms with Gasteiger partial charge in [-0.15, -0.1) is 0 Å². The molecule has 0 bridgehead atoms. The lowest BCUT2D eigenvalue weighted by molar-refractivity contribution is -0.870. The number of likely N-dealkylation sites (N-methyl/N-ethyl adjacent to an activating group) is 1. The number of aliphatic carboxylic acids is 1. The minimum Gasteiger partial charge on any atom is -0.545 e. The largest absolute Gasteiger partial charge is 0.545 e. The zero-order valence-corrected chi connectivity index (χ0v) is 46.4. The van der Waals surface area contributed by atoms with Crippen molar-refractivity contribution in [3.8, 4) is 0 Å². The van der Waals surface area contributed by atoms with Crippen LogP contribution in [-0.4, -0.2) is 82.3 Å². The number of carboxylic acids is 1. The van der Waals surface area contributed by atoms with Crippen molar-refractivity contribution in [1.82, 2.24) is 0 Å². The highest BCUT2D eigenvalue weighted by atomic mass is 16.7. The van der Waals surface area contributed by atoms with Crippen molar-refractivity contribution < 1.29 is 42.9 Å². The van der Waals surface area contributed by atoms with Crippen molar-refractivity contribution >= 4 is 17.9 Å². The molecule has 9 nitrogen and oxygen atoms in total. The molecule has 2 unspecified atom stereocenters. The number of allylic oxidation sites excluding steroid dienone is 8. The lowest BCUT2D eigenvalue weighted by Gasteiger charge is -2.26. The van der Waals surface area contributed by atoms with Gasteiger partial charge in [0.2, 0.25) is 0 Å². The number of nitrogens with zero attached hydrogens (tertiary/aromatic N) is 1. The van der Waals surface area contributed by atoms with E-state index in [1.54, 1.807) is 0 Å². The fraction of sp³-hybridized carbons (Fsp3) is 0.820. The van der Waals surface area contributed by atoms with Crippen molar-refractivity contribution in [1.29, 1.82) is 0 Å². The number of rotatable bonds is 54. The first-order valence-corrected chi connectivity index (χ1v) is 29.3. The average Bonchev–Trinajstić information content (AvgIpc) is 3.33. The third-order valence-corrected chi connectivity index (χ3v) is 12.8. The summed E-state index contributed by atoms with van der Waals surface area (Å²) in [4.78, 5) is 37.0. The lowest BCUT2D eigenvalue weighted by Crippen LogP contribution is -2.44. The van der Waals surface area contributed by atoms with Gasteiger partial charge >= 0.3 is 11.9 Å². The summed E-state index contributed by atoms with van der Waals surface area (Å²) >= 11 is 0. The van der Waals surface area contributed by atoms with Crippen LogP contribution in [0.25, 0.3) is 0 Å². The summed E-state index contributed by atoms with van der Waals surface area (Å²) in [6, 6.07) is 0. The number of carbonyl (C=O) groups excluding carboxylic acids is 3. The molecule has 0 heterocycles. The number of hydrogen-bond acceptors (Lipinski definition) is 8. The minimum atomic E-state index is -1.62. The molecule has 0 N–H and O–H groups in total. The number of ether oxygens (including phenoxy) is 4. The van der Waals surface area contributed by atoms with E-state index in [2.05, 4.69) is 62.5 Å². The maximum Gasteiger partial charge on any atom is 0.306 e. The van der Waals surface area contributed by atoms with Crippen LogP contribution in [0.1, 0.15) is 264 Å². The number of unbranched alkanes of at least 4 members (excludes halogenated alkanes) is 31. The number of carbonyl (C=O) groups is 3. The van der Waals surface area contributed by atoms with E-state index >= 15 is 0 Å². The third kappa shape index (κ3) is 53.1. The molecule has 2 atom stereocenters. The molecule has 0 aromatic heterocycles. The van der Waals surface area contributed by atoms with E-state index in [0.717, 1.165) is 64.2 Å². The SMILES string of the molecule is CC/C=C\C/C=C\C/C=C\C/C=C\CCCCCCCCCCCCCCCCCCCCCCCCCCC(=O)OC(COC(=O)CCCCCCCCCC)COC(OCC[N+](C)(C)C)C(=O)[O-]. The number of esters is 2. The second kappa shape index (κ2) is 52.6. The standard InChI is InChI=1S/C61H111NO8/c1-6-8-10-12-14-16-17-18-19-20-21-22-23-24-25-26-27-28-29-30-31-32-33-34-35-36-37-38-39-40-41-42-43-44-46-48-50-52-59(64)70-57(56-69-61(60(65)66)67-54-53-62(3,4)5)55-68-58(63)51-49-47-45-15-13-11-9-7-2/h8,10,14,16,18-19,21-22,57,61H,6-7,9,11-13,15,17,20,23-56H2,1-5H3/b10-8-,16-14-,19-18-,22-21-. The van der Waals surface area contributed by atoms with Crippen LogP contribution in [0, 0.1) is 0 Å². The summed E-state index contributed by atoms with van der Waals surface area (Å²) in [5, 5.41) is 11.7. The van der Waals surface area contributed by atoms with Gasteiger partial charge in [-0.05, 0) is 51.4 Å². The molecule has 0 aliphatic carbocycles. The molecule has 0 aromatic rings. The number of hydrogen-bond donors (Lipinski definition) is 0. The molecule has 0 rings (SSSR count). The molecule has 0 saturated heterocycles. The summed E-state index contributed by atoms with van der Waals surface area (Å²) < 4.78 is 22.6. The van der Waals surface area contributed by atoms with Crippen molar-refractivity contribution in [2.75, 3.05) is 47.5 Å². The van der Waals surface area contributed by atoms with Crippen molar-refractivity contribution in [3.05, 3.63) is 48.6 Å². The van der Waals surface area contributed by atoms with E-state index in [1.807, 2.05) is 21.1 Å². The van der Waals surface area contributed by atoms with E-state index in [1.165, 1.54) is 173 Å². The van der Waals surface area contributed by atoms with Gasteiger partial charge in [-0.2, -0.15) is 0 Å². The van der Waals surface area contributed by atoms with E-state index in [4.69, 9.17) is 18.9 Å². The second-order valence-electron chi connectivity index (χ2n) is 20.9. The lowest BCUT2D eigenvalue weighted by atomic mass is 10.0. The Balaban J connectivity index is 3.88. The first-order valence-electron chi connectivity index (χ1n) is 29.3. The summed E-state index contributed by atoms with van der Waals surface area (Å²) in [5.74, 6) is -2.27. The van der Waals surface area contributed by atoms with Gasteiger partial charge in [0.15, 0.2) is 12.4 Å². The first kappa shape index (κ1) is 67.2. The van der Waals surface area contributed by atoms with Crippen LogP contribution >= 0.6 is 0 Å². The van der Waals surface area contributed by atoms with Crippen molar-refractivity contribution in [2.24, 2.45) is 0 Å². The molecule has 0 aliphatic heterocycles. The Morgan fingerprint density at radius 2 is 0.814 bits per heavy atom. The van der Waals surface area contributed by atoms with Crippen LogP contribution in [0.5, 0.6) is 0 Å². The smallest absolute Gasteiger partial charge is 0.306 e. The zero-order chi connectivity index (χ0) is 51.3. The Morgan fingerprint density at radius 1 is 0.443 bits per heavy atom. The minimum absolute atomic E-state index is 0.150. The molecule has 70 heavy (non-hydrogen) atoms. The van der Waals surface area contributed by atoms with Crippen LogP contribution in [0.15, 0.2) is 48.6 Å². The number of carboxylic acid groups (broad SMARTS) is 1. The fourth-order valence-electron chi connectivity index (χ4n) is 8.35. The first-order chi connectivity index (χ1) is 34.1. The number of quaternary nitrogens is 1. The van der Waals surface area contributed by atoms with Crippen LogP contribution in [-0.2, 0) is 33.3 Å². The maximum absolute atomic E-state index is 12.8. The van der Waals surface area contributed by atoms with E-state index in [-0.39, 0.29) is 32.2 Å². The maximum atomic E-state index is 12.8. The molecular formula is C61H111NO8. The van der Waals surface area contributed by atoms with Crippen LogP contribution in [0.4, 0.5) is 0 Å². The van der Waals surface area contributed by atoms with E-state index in [0.29, 0.717) is 17.4 Å². The highest BCUT2D eigenvalue weighted by molar-refractivity contribution is 5.70. The molecule has 0 fully saturated rings. The van der Waals surface area contributed by atoms with Gasteiger partial charge in [-0.25, -0.2) is 0 Å². The van der Waals surface area contributed by atoms with Gasteiger partial charge in [-0.1, -0.05) is 249 Å². The molecular weight excluding hydrogens is 875 g/mol. The van der Waals surface area contributed by atoms with Crippen LogP contribution in [0.2, 0.25) is 0 Å². The third-order valence-electron chi connectivity index (χ3n) is 12.8. The summed E-state index contributed by atoms with van der Waals surface area (Å²) in [6.07, 6.45) is 62.1. The van der Waals surface area contributed by atoms with Gasteiger partial charge in [0.1, 0.15) is 13.2 Å². The Morgan fingerprint density at radius 3 is 1.21 bits per heavy atom. The average molecular weight is 987 g/mol. The topological polar surface area (TPSA) is 111 Å². The van der Waals surface area contributed by atoms with Gasteiger partial charge in [0.25, 0.3) is 0 Å². The Bertz CT molecular complexity index is 1290. The van der Waals surface area contributed by atoms with E-state index < -0.39 is 24.3 Å². The molecule has 0 aliphatic rings. The predicted molar refractivity (Wildman–Crippen MR) is 292 cm³/mol. The highest BCUT2D eigenvalue weighted by Crippen LogP contribution is 2.17. The molecule has 0 spiro atoms. The fourth-order valence-corrected chi connectivity index (χ4v) is 8.35. The summed E-state index contributed by atoms with van der Waals surface area (Å²) in [7, 11) is 5.92. The Hall–Kier alpha value is -2.75. The van der Waals surface area contributed by atoms with Gasteiger partial charge < -0.3 is 33.3 Å². The molecule has 0 saturated carbocycles. The van der Waals surface area contributed by atoms with Gasteiger partial charge in [0, 0.05) is 12.8 Å². The predicted octanol–water partition coefficient (Wildman–Crippen LogP) is 15.7. The molecule has 0 aromatic carbocycles. The zero-order valence-electron chi connectivity index (χ0n) is 46.4. The van der Waals surface area contributed by atoms with E-state index in [9.17, 15) is 19.5 Å². The van der Waals surface area contributed by atoms with Crippen molar-refractivity contribution in [2.45, 2.75) is 277 Å². The Kier molecular flexibility index (Phi) is 50.5. The highest BCUT2D eigenvalue weighted by Gasteiger charge is 2.22. The monoisotopic (exact) mass is 986 g/mol. The normalized spacial score (nSPS) is 13.1. The molecule has 9 heteroatoms. The summed E-state index contributed by atoms with van der Waals surface area (Å²) in [5.41, 5.74) is 0. The summed E-state index contributed by atoms with van der Waals surface area (Å²) in [6.45, 7) is 4.62. The Labute approximate surface area is 432 Å². The molecule has 408 valence electrons. The van der Waals surface area contributed by atoms with Crippen LogP contribution < -0.4 is 5.11 Å². The van der Waals surface area contributed by atoms with Crippen molar-refractivity contribution in [3.63, 3.8) is 0 Å². The molecule has 0 radical (unpaired) electrons. The molecule has 0 amide bonds. The van der Waals surface area contributed by atoms with Gasteiger partial charge in [-0.3, -0.25) is 9.59 Å². The van der Waals surface area contributed by atoms with Gasteiger partial charge in [0.05, 0.1) is 40.3 Å². The quantitative estimate of drug-likeness (QED) is 0.0195. The van der Waals surface area contributed by atoms with Crippen LogP contribution in [0.3, 0.4) is 0 Å². The second-order valence-corrected chi connectivity index (χ2v) is 20.9.